The fourth-order valence-electron chi connectivity index (χ4n) is 2.84. The number of nitrogens with one attached hydrogen (secondary N) is 1. The van der Waals surface area contributed by atoms with Gasteiger partial charge in [0.1, 0.15) is 5.75 Å². The molecule has 1 aromatic carbocycles. The van der Waals surface area contributed by atoms with Crippen molar-refractivity contribution in [3.8, 4) is 5.75 Å². The van der Waals surface area contributed by atoms with Crippen LogP contribution >= 0.6 is 0 Å². The van der Waals surface area contributed by atoms with Gasteiger partial charge < -0.3 is 14.8 Å². The standard InChI is InChI=1S/C17H25NO2/c1-2-18-17(16-5-3-4-12-19-16)13-6-8-14(9-7-13)20-15-10-11-15/h6-9,15-18H,2-5,10-12H2,1H3. The van der Waals surface area contributed by atoms with E-state index in [0.29, 0.717) is 18.2 Å². The smallest absolute Gasteiger partial charge is 0.119 e. The summed E-state index contributed by atoms with van der Waals surface area (Å²) in [5.41, 5.74) is 1.31. The zero-order valence-electron chi connectivity index (χ0n) is 12.3. The molecule has 1 aromatic rings. The first-order chi connectivity index (χ1) is 9.86. The Hall–Kier alpha value is -1.06. The van der Waals surface area contributed by atoms with Gasteiger partial charge in [0.2, 0.25) is 0 Å². The van der Waals surface area contributed by atoms with E-state index in [1.165, 1.54) is 31.2 Å². The molecule has 1 saturated heterocycles. The van der Waals surface area contributed by atoms with Crippen LogP contribution in [-0.2, 0) is 4.74 Å². The Morgan fingerprint density at radius 1 is 1.20 bits per heavy atom. The Balaban J connectivity index is 1.68. The van der Waals surface area contributed by atoms with Gasteiger partial charge in [-0.3, -0.25) is 0 Å². The molecule has 1 aliphatic carbocycles. The molecule has 1 saturated carbocycles. The molecular weight excluding hydrogens is 250 g/mol. The summed E-state index contributed by atoms with van der Waals surface area (Å²) in [6.45, 7) is 4.01. The number of benzene rings is 1. The largest absolute Gasteiger partial charge is 0.490 e. The lowest BCUT2D eigenvalue weighted by molar-refractivity contribution is -0.00787. The summed E-state index contributed by atoms with van der Waals surface area (Å²) < 4.78 is 11.8. The molecule has 110 valence electrons. The van der Waals surface area contributed by atoms with E-state index in [1.54, 1.807) is 0 Å². The predicted octanol–water partition coefficient (Wildman–Crippen LogP) is 3.45. The van der Waals surface area contributed by atoms with E-state index in [9.17, 15) is 0 Å². The number of rotatable bonds is 6. The van der Waals surface area contributed by atoms with Crippen LogP contribution in [0.4, 0.5) is 0 Å². The minimum atomic E-state index is 0.301. The highest BCUT2D eigenvalue weighted by Crippen LogP contribution is 2.30. The first-order valence-corrected chi connectivity index (χ1v) is 7.98. The van der Waals surface area contributed by atoms with Crippen LogP contribution in [0.3, 0.4) is 0 Å². The summed E-state index contributed by atoms with van der Waals surface area (Å²) in [4.78, 5) is 0. The van der Waals surface area contributed by atoms with Crippen LogP contribution in [0, 0.1) is 0 Å². The van der Waals surface area contributed by atoms with Crippen LogP contribution < -0.4 is 10.1 Å². The first kappa shape index (κ1) is 13.9. The molecule has 2 atom stereocenters. The highest BCUT2D eigenvalue weighted by Gasteiger charge is 2.26. The van der Waals surface area contributed by atoms with Crippen molar-refractivity contribution in [1.29, 1.82) is 0 Å². The Bertz CT molecular complexity index is 408. The van der Waals surface area contributed by atoms with Gasteiger partial charge in [0.05, 0.1) is 18.2 Å². The summed E-state index contributed by atoms with van der Waals surface area (Å²) in [7, 11) is 0. The molecule has 3 rings (SSSR count). The van der Waals surface area contributed by atoms with Crippen molar-refractivity contribution in [1.82, 2.24) is 5.32 Å². The summed E-state index contributed by atoms with van der Waals surface area (Å²) in [5.74, 6) is 0.996. The topological polar surface area (TPSA) is 30.5 Å². The van der Waals surface area contributed by atoms with Gasteiger partial charge in [-0.05, 0) is 56.3 Å². The van der Waals surface area contributed by atoms with Crippen molar-refractivity contribution in [2.75, 3.05) is 13.2 Å². The molecule has 20 heavy (non-hydrogen) atoms. The van der Waals surface area contributed by atoms with Crippen molar-refractivity contribution in [3.63, 3.8) is 0 Å². The van der Waals surface area contributed by atoms with E-state index < -0.39 is 0 Å². The van der Waals surface area contributed by atoms with E-state index in [0.717, 1.165) is 25.3 Å². The van der Waals surface area contributed by atoms with Crippen LogP contribution in [0.2, 0.25) is 0 Å². The maximum Gasteiger partial charge on any atom is 0.119 e. The Morgan fingerprint density at radius 2 is 2.00 bits per heavy atom. The van der Waals surface area contributed by atoms with Gasteiger partial charge in [-0.15, -0.1) is 0 Å². The van der Waals surface area contributed by atoms with Crippen LogP contribution in [-0.4, -0.2) is 25.4 Å². The highest BCUT2D eigenvalue weighted by molar-refractivity contribution is 5.30. The molecule has 0 radical (unpaired) electrons. The SMILES string of the molecule is CCNC(c1ccc(OC2CC2)cc1)C1CCCCO1. The summed E-state index contributed by atoms with van der Waals surface area (Å²) >= 11 is 0. The second kappa shape index (κ2) is 6.59. The van der Waals surface area contributed by atoms with E-state index in [-0.39, 0.29) is 0 Å². The molecule has 2 fully saturated rings. The van der Waals surface area contributed by atoms with Gasteiger partial charge in [-0.1, -0.05) is 19.1 Å². The van der Waals surface area contributed by atoms with Crippen molar-refractivity contribution in [2.45, 2.75) is 57.3 Å². The molecule has 1 aliphatic heterocycles. The highest BCUT2D eigenvalue weighted by atomic mass is 16.5. The molecule has 0 amide bonds. The monoisotopic (exact) mass is 275 g/mol. The number of hydrogen-bond donors (Lipinski definition) is 1. The van der Waals surface area contributed by atoms with E-state index in [4.69, 9.17) is 9.47 Å². The lowest BCUT2D eigenvalue weighted by Crippen LogP contribution is -2.35. The maximum atomic E-state index is 5.96. The zero-order valence-corrected chi connectivity index (χ0v) is 12.3. The molecule has 2 unspecified atom stereocenters. The number of hydrogen-bond acceptors (Lipinski definition) is 3. The Morgan fingerprint density at radius 3 is 2.60 bits per heavy atom. The lowest BCUT2D eigenvalue weighted by atomic mass is 9.95. The normalized spacial score (nSPS) is 24.4. The lowest BCUT2D eigenvalue weighted by Gasteiger charge is -2.31. The van der Waals surface area contributed by atoms with Gasteiger partial charge in [0.15, 0.2) is 0 Å². The molecule has 0 spiro atoms. The fourth-order valence-corrected chi connectivity index (χ4v) is 2.84. The summed E-state index contributed by atoms with van der Waals surface area (Å²) in [6, 6.07) is 8.86. The third kappa shape index (κ3) is 3.53. The Kier molecular flexibility index (Phi) is 4.58. The Labute approximate surface area is 121 Å². The van der Waals surface area contributed by atoms with Crippen molar-refractivity contribution in [3.05, 3.63) is 29.8 Å². The van der Waals surface area contributed by atoms with Gasteiger partial charge in [0.25, 0.3) is 0 Å². The average molecular weight is 275 g/mol. The summed E-state index contributed by atoms with van der Waals surface area (Å²) in [6.07, 6.45) is 6.80. The second-order valence-corrected chi connectivity index (χ2v) is 5.83. The molecule has 3 nitrogen and oxygen atoms in total. The van der Waals surface area contributed by atoms with E-state index >= 15 is 0 Å². The van der Waals surface area contributed by atoms with Crippen molar-refractivity contribution >= 4 is 0 Å². The van der Waals surface area contributed by atoms with Gasteiger partial charge in [-0.2, -0.15) is 0 Å². The van der Waals surface area contributed by atoms with Crippen LogP contribution in [0.25, 0.3) is 0 Å². The molecule has 0 aromatic heterocycles. The van der Waals surface area contributed by atoms with Crippen molar-refractivity contribution in [2.24, 2.45) is 0 Å². The predicted molar refractivity (Wildman–Crippen MR) is 80.1 cm³/mol. The second-order valence-electron chi connectivity index (χ2n) is 5.83. The van der Waals surface area contributed by atoms with Crippen molar-refractivity contribution < 1.29 is 9.47 Å². The van der Waals surface area contributed by atoms with E-state index in [1.807, 2.05) is 0 Å². The third-order valence-electron chi connectivity index (χ3n) is 4.08. The zero-order chi connectivity index (χ0) is 13.8. The summed E-state index contributed by atoms with van der Waals surface area (Å²) in [5, 5.41) is 3.58. The minimum Gasteiger partial charge on any atom is -0.490 e. The van der Waals surface area contributed by atoms with Crippen LogP contribution in [0.1, 0.15) is 50.6 Å². The van der Waals surface area contributed by atoms with E-state index in [2.05, 4.69) is 36.5 Å². The average Bonchev–Trinajstić information content (AvgIpc) is 3.31. The number of ether oxygens (including phenoxy) is 2. The molecule has 0 bridgehead atoms. The van der Waals surface area contributed by atoms with Gasteiger partial charge >= 0.3 is 0 Å². The van der Waals surface area contributed by atoms with Gasteiger partial charge in [-0.25, -0.2) is 0 Å². The maximum absolute atomic E-state index is 5.96. The molecule has 3 heteroatoms. The molecular formula is C17H25NO2. The minimum absolute atomic E-state index is 0.301. The molecule has 1 heterocycles. The number of likely N-dealkylation sites (N-methyl/N-ethyl adjacent to an activating group) is 1. The molecule has 2 aliphatic rings. The van der Waals surface area contributed by atoms with Crippen LogP contribution in [0.5, 0.6) is 5.75 Å². The fraction of sp³-hybridized carbons (Fsp3) is 0.647. The third-order valence-corrected chi connectivity index (χ3v) is 4.08. The molecule has 1 N–H and O–H groups in total. The van der Waals surface area contributed by atoms with Gasteiger partial charge in [0, 0.05) is 6.61 Å². The van der Waals surface area contributed by atoms with Crippen LogP contribution in [0.15, 0.2) is 24.3 Å². The quantitative estimate of drug-likeness (QED) is 0.862. The first-order valence-electron chi connectivity index (χ1n) is 7.98.